The van der Waals surface area contributed by atoms with E-state index >= 15 is 0 Å². The zero-order valence-electron chi connectivity index (χ0n) is 12.5. The first-order chi connectivity index (χ1) is 9.54. The van der Waals surface area contributed by atoms with Gasteiger partial charge in [0.05, 0.1) is 0 Å². The fourth-order valence-electron chi connectivity index (χ4n) is 1.90. The van der Waals surface area contributed by atoms with Crippen LogP contribution in [0.3, 0.4) is 0 Å². The molecule has 0 radical (unpaired) electrons. The standard InChI is InChI=1S/C15H24N4S/c1-4-5-6-10-17-15(20)19-14(16)18-13-11(2)8-7-9-12(13)3/h7-9H,4-6,10H2,1-3H3,(H4,16,17,18,19,20). The van der Waals surface area contributed by atoms with E-state index < -0.39 is 0 Å². The normalized spacial score (nSPS) is 9.95. The van der Waals surface area contributed by atoms with Gasteiger partial charge in [0.2, 0.25) is 0 Å². The van der Waals surface area contributed by atoms with Crippen molar-refractivity contribution in [3.8, 4) is 0 Å². The molecule has 0 saturated heterocycles. The Labute approximate surface area is 126 Å². The van der Waals surface area contributed by atoms with E-state index in [1.165, 1.54) is 12.8 Å². The van der Waals surface area contributed by atoms with Gasteiger partial charge in [-0.15, -0.1) is 0 Å². The summed E-state index contributed by atoms with van der Waals surface area (Å²) in [5.41, 5.74) is 3.18. The van der Waals surface area contributed by atoms with E-state index in [4.69, 9.17) is 17.6 Å². The summed E-state index contributed by atoms with van der Waals surface area (Å²) in [7, 11) is 0. The smallest absolute Gasteiger partial charge is 0.199 e. The number of hydrogen-bond acceptors (Lipinski definition) is 2. The predicted octanol–water partition coefficient (Wildman–Crippen LogP) is 3.30. The molecule has 0 aromatic heterocycles. The Morgan fingerprint density at radius 3 is 2.45 bits per heavy atom. The lowest BCUT2D eigenvalue weighted by molar-refractivity contribution is 0.694. The van der Waals surface area contributed by atoms with Crippen LogP contribution in [0, 0.1) is 19.3 Å². The van der Waals surface area contributed by atoms with E-state index in [2.05, 4.69) is 22.9 Å². The van der Waals surface area contributed by atoms with Crippen molar-refractivity contribution in [2.75, 3.05) is 11.9 Å². The Balaban J connectivity index is 2.42. The molecule has 4 N–H and O–H groups in total. The monoisotopic (exact) mass is 292 g/mol. The largest absolute Gasteiger partial charge is 0.362 e. The van der Waals surface area contributed by atoms with E-state index in [0.29, 0.717) is 5.11 Å². The number of anilines is 1. The van der Waals surface area contributed by atoms with E-state index in [9.17, 15) is 0 Å². The van der Waals surface area contributed by atoms with Crippen LogP contribution in [0.15, 0.2) is 18.2 Å². The SMILES string of the molecule is CCCCCNC(=S)NC(=N)Nc1c(C)cccc1C. The molecule has 0 saturated carbocycles. The van der Waals surface area contributed by atoms with Crippen LogP contribution in [0.25, 0.3) is 0 Å². The molecule has 5 heteroatoms. The molecule has 4 nitrogen and oxygen atoms in total. The van der Waals surface area contributed by atoms with Gasteiger partial charge in [-0.25, -0.2) is 0 Å². The van der Waals surface area contributed by atoms with Crippen molar-refractivity contribution >= 4 is 29.0 Å². The van der Waals surface area contributed by atoms with Crippen molar-refractivity contribution < 1.29 is 0 Å². The van der Waals surface area contributed by atoms with E-state index in [1.807, 2.05) is 32.0 Å². The van der Waals surface area contributed by atoms with Crippen LogP contribution in [0.5, 0.6) is 0 Å². The van der Waals surface area contributed by atoms with Crippen molar-refractivity contribution in [2.45, 2.75) is 40.0 Å². The number of rotatable bonds is 5. The highest BCUT2D eigenvalue weighted by Gasteiger charge is 2.05. The van der Waals surface area contributed by atoms with E-state index in [1.54, 1.807) is 0 Å². The van der Waals surface area contributed by atoms with E-state index in [-0.39, 0.29) is 5.96 Å². The fraction of sp³-hybridized carbons (Fsp3) is 0.467. The molecule has 110 valence electrons. The minimum Gasteiger partial charge on any atom is -0.362 e. The van der Waals surface area contributed by atoms with Gasteiger partial charge in [0.1, 0.15) is 0 Å². The molecule has 0 spiro atoms. The third kappa shape index (κ3) is 5.57. The van der Waals surface area contributed by atoms with Crippen molar-refractivity contribution in [2.24, 2.45) is 0 Å². The third-order valence-corrected chi connectivity index (χ3v) is 3.28. The number of aryl methyl sites for hydroxylation is 2. The lowest BCUT2D eigenvalue weighted by Gasteiger charge is -2.15. The summed E-state index contributed by atoms with van der Waals surface area (Å²) >= 11 is 5.16. The average molecular weight is 292 g/mol. The summed E-state index contributed by atoms with van der Waals surface area (Å²) in [4.78, 5) is 0. The lowest BCUT2D eigenvalue weighted by Crippen LogP contribution is -2.42. The second kappa shape index (κ2) is 8.53. The number of nitrogens with one attached hydrogen (secondary N) is 4. The predicted molar refractivity (Wildman–Crippen MR) is 90.5 cm³/mol. The van der Waals surface area contributed by atoms with Crippen LogP contribution in [0.2, 0.25) is 0 Å². The first-order valence-corrected chi connectivity index (χ1v) is 7.42. The lowest BCUT2D eigenvalue weighted by atomic mass is 10.1. The highest BCUT2D eigenvalue weighted by molar-refractivity contribution is 7.80. The van der Waals surface area contributed by atoms with Gasteiger partial charge < -0.3 is 16.0 Å². The third-order valence-electron chi connectivity index (χ3n) is 3.04. The summed E-state index contributed by atoms with van der Waals surface area (Å²) in [6, 6.07) is 6.04. The van der Waals surface area contributed by atoms with Gasteiger partial charge in [-0.05, 0) is 43.6 Å². The molecule has 0 aliphatic rings. The second-order valence-electron chi connectivity index (χ2n) is 4.85. The quantitative estimate of drug-likeness (QED) is 0.291. The Morgan fingerprint density at radius 2 is 1.85 bits per heavy atom. The fourth-order valence-corrected chi connectivity index (χ4v) is 2.11. The second-order valence-corrected chi connectivity index (χ2v) is 5.26. The highest BCUT2D eigenvalue weighted by atomic mass is 32.1. The maximum Gasteiger partial charge on any atom is 0.199 e. The maximum absolute atomic E-state index is 7.92. The Hall–Kier alpha value is -1.62. The van der Waals surface area contributed by atoms with Crippen LogP contribution in [0.4, 0.5) is 5.69 Å². The molecule has 0 bridgehead atoms. The van der Waals surface area contributed by atoms with Gasteiger partial charge in [0.25, 0.3) is 0 Å². The van der Waals surface area contributed by atoms with Crippen molar-refractivity contribution in [3.63, 3.8) is 0 Å². The summed E-state index contributed by atoms with van der Waals surface area (Å²) in [5, 5.41) is 17.4. The van der Waals surface area contributed by atoms with Crippen molar-refractivity contribution in [1.29, 1.82) is 5.41 Å². The van der Waals surface area contributed by atoms with Gasteiger partial charge >= 0.3 is 0 Å². The van der Waals surface area contributed by atoms with Crippen LogP contribution < -0.4 is 16.0 Å². The van der Waals surface area contributed by atoms with E-state index in [0.717, 1.165) is 29.8 Å². The molecule has 1 aromatic carbocycles. The summed E-state index contributed by atoms with van der Waals surface area (Å²) in [6.45, 7) is 7.05. The molecular weight excluding hydrogens is 268 g/mol. The van der Waals surface area contributed by atoms with Crippen molar-refractivity contribution in [1.82, 2.24) is 10.6 Å². The number of unbranched alkanes of at least 4 members (excludes halogenated alkanes) is 2. The Kier molecular flexibility index (Phi) is 7.01. The van der Waals surface area contributed by atoms with Crippen LogP contribution in [-0.4, -0.2) is 17.6 Å². The highest BCUT2D eigenvalue weighted by Crippen LogP contribution is 2.18. The molecular formula is C15H24N4S. The zero-order valence-corrected chi connectivity index (χ0v) is 13.3. The number of hydrogen-bond donors (Lipinski definition) is 4. The Bertz CT molecular complexity index is 451. The van der Waals surface area contributed by atoms with Crippen LogP contribution in [0.1, 0.15) is 37.3 Å². The number of guanidine groups is 1. The van der Waals surface area contributed by atoms with Crippen LogP contribution in [-0.2, 0) is 0 Å². The molecule has 0 fully saturated rings. The minimum absolute atomic E-state index is 0.190. The molecule has 0 atom stereocenters. The van der Waals surface area contributed by atoms with Crippen LogP contribution >= 0.6 is 12.2 Å². The minimum atomic E-state index is 0.190. The van der Waals surface area contributed by atoms with Crippen molar-refractivity contribution in [3.05, 3.63) is 29.3 Å². The number of benzene rings is 1. The van der Waals surface area contributed by atoms with Gasteiger partial charge in [-0.1, -0.05) is 38.0 Å². The summed E-state index contributed by atoms with van der Waals surface area (Å²) < 4.78 is 0. The summed E-state index contributed by atoms with van der Waals surface area (Å²) in [5.74, 6) is 0.190. The maximum atomic E-state index is 7.92. The molecule has 0 amide bonds. The first-order valence-electron chi connectivity index (χ1n) is 7.01. The molecule has 1 aromatic rings. The summed E-state index contributed by atoms with van der Waals surface area (Å²) in [6.07, 6.45) is 3.47. The molecule has 0 unspecified atom stereocenters. The molecule has 0 heterocycles. The van der Waals surface area contributed by atoms with Gasteiger partial charge in [-0.3, -0.25) is 5.41 Å². The zero-order chi connectivity index (χ0) is 15.0. The van der Waals surface area contributed by atoms with Gasteiger partial charge in [0, 0.05) is 12.2 Å². The molecule has 20 heavy (non-hydrogen) atoms. The van der Waals surface area contributed by atoms with Gasteiger partial charge in [0.15, 0.2) is 11.1 Å². The average Bonchev–Trinajstić information content (AvgIpc) is 2.39. The number of para-hydroxylation sites is 1. The number of thiocarbonyl (C=S) groups is 1. The molecule has 0 aliphatic carbocycles. The Morgan fingerprint density at radius 1 is 1.20 bits per heavy atom. The topological polar surface area (TPSA) is 59.9 Å². The molecule has 0 aliphatic heterocycles. The molecule has 1 rings (SSSR count). The van der Waals surface area contributed by atoms with Gasteiger partial charge in [-0.2, -0.15) is 0 Å². The first kappa shape index (κ1) is 16.4.